The molecule has 3 nitrogen and oxygen atoms in total. The second-order valence-corrected chi connectivity index (χ2v) is 3.86. The van der Waals surface area contributed by atoms with Gasteiger partial charge in [0, 0.05) is 0 Å². The quantitative estimate of drug-likeness (QED) is 0.428. The lowest BCUT2D eigenvalue weighted by Gasteiger charge is -2.09. The van der Waals surface area contributed by atoms with Gasteiger partial charge in [0.2, 0.25) is 0 Å². The minimum Gasteiger partial charge on any atom is -0.494 e. The summed E-state index contributed by atoms with van der Waals surface area (Å²) < 4.78 is 5.48. The van der Waals surface area contributed by atoms with E-state index in [4.69, 9.17) is 9.84 Å². The first-order chi connectivity index (χ1) is 7.40. The molecule has 0 heterocycles. The smallest absolute Gasteiger partial charge is 0.336 e. The van der Waals surface area contributed by atoms with Crippen LogP contribution in [0.15, 0.2) is 35.1 Å². The highest BCUT2D eigenvalue weighted by Crippen LogP contribution is 2.15. The Morgan fingerprint density at radius 3 is 2.25 bits per heavy atom. The van der Waals surface area contributed by atoms with Crippen molar-refractivity contribution in [3.05, 3.63) is 35.1 Å². The third-order valence-corrected chi connectivity index (χ3v) is 1.92. The van der Waals surface area contributed by atoms with Crippen molar-refractivity contribution in [1.82, 2.24) is 0 Å². The molecule has 0 aromatic heterocycles. The zero-order chi connectivity index (χ0) is 12.7. The lowest BCUT2D eigenvalue weighted by atomic mass is 10.1. The minimum atomic E-state index is -0.980. The number of ether oxygens (including phenoxy) is 1. The van der Waals surface area contributed by atoms with Crippen LogP contribution in [0.1, 0.15) is 34.1 Å². The second-order valence-electron chi connectivity index (χ2n) is 3.86. The van der Waals surface area contributed by atoms with Crippen LogP contribution in [0.3, 0.4) is 0 Å². The highest BCUT2D eigenvalue weighted by Gasteiger charge is 2.10. The summed E-state index contributed by atoms with van der Waals surface area (Å²) in [4.78, 5) is 11.0. The van der Waals surface area contributed by atoms with E-state index in [-0.39, 0.29) is 5.57 Å². The molecule has 0 amide bonds. The molecule has 0 aliphatic carbocycles. The van der Waals surface area contributed by atoms with Crippen LogP contribution in [-0.2, 0) is 9.53 Å². The Morgan fingerprint density at radius 1 is 1.38 bits per heavy atom. The minimum absolute atomic E-state index is 0.187. The fourth-order valence-corrected chi connectivity index (χ4v) is 1.04. The Balaban J connectivity index is 5.10. The van der Waals surface area contributed by atoms with Gasteiger partial charge in [0.1, 0.15) is 5.76 Å². The monoisotopic (exact) mass is 224 g/mol. The van der Waals surface area contributed by atoms with E-state index in [1.54, 1.807) is 6.92 Å². The topological polar surface area (TPSA) is 46.5 Å². The molecule has 0 atom stereocenters. The van der Waals surface area contributed by atoms with Crippen LogP contribution >= 0.6 is 0 Å². The SMILES string of the molecule is C=C(C)C(=CC(OCCC)=C(C)C)C(=O)O. The normalized spacial score (nSPS) is 10.9. The standard InChI is InChI=1S/C13H20O3/c1-6-7-16-12(10(4)5)8-11(9(2)3)13(14)15/h8H,2,6-7H2,1,3-5H3,(H,14,15). The average Bonchev–Trinajstić information content (AvgIpc) is 2.16. The Hall–Kier alpha value is -1.51. The number of aliphatic carboxylic acids is 1. The van der Waals surface area contributed by atoms with E-state index in [1.165, 1.54) is 6.08 Å². The van der Waals surface area contributed by atoms with Gasteiger partial charge in [-0.3, -0.25) is 0 Å². The molecule has 0 rings (SSSR count). The van der Waals surface area contributed by atoms with Gasteiger partial charge < -0.3 is 9.84 Å². The number of carbonyl (C=O) groups is 1. The van der Waals surface area contributed by atoms with Crippen LogP contribution in [0.5, 0.6) is 0 Å². The van der Waals surface area contributed by atoms with Crippen LogP contribution in [0.4, 0.5) is 0 Å². The van der Waals surface area contributed by atoms with Gasteiger partial charge in [0.15, 0.2) is 0 Å². The predicted molar refractivity (Wildman–Crippen MR) is 65.1 cm³/mol. The Morgan fingerprint density at radius 2 is 1.94 bits per heavy atom. The maximum Gasteiger partial charge on any atom is 0.336 e. The Kier molecular flexibility index (Phi) is 6.23. The summed E-state index contributed by atoms with van der Waals surface area (Å²) in [6.07, 6.45) is 2.43. The van der Waals surface area contributed by atoms with Crippen molar-refractivity contribution < 1.29 is 14.6 Å². The molecule has 0 bridgehead atoms. The van der Waals surface area contributed by atoms with Gasteiger partial charge in [-0.2, -0.15) is 0 Å². The zero-order valence-electron chi connectivity index (χ0n) is 10.5. The first kappa shape index (κ1) is 14.5. The molecule has 0 aromatic rings. The lowest BCUT2D eigenvalue weighted by Crippen LogP contribution is -2.04. The van der Waals surface area contributed by atoms with Gasteiger partial charge in [-0.25, -0.2) is 4.79 Å². The first-order valence-electron chi connectivity index (χ1n) is 5.31. The summed E-state index contributed by atoms with van der Waals surface area (Å²) in [6, 6.07) is 0. The van der Waals surface area contributed by atoms with E-state index in [0.29, 0.717) is 17.9 Å². The molecule has 0 aliphatic heterocycles. The zero-order valence-corrected chi connectivity index (χ0v) is 10.5. The predicted octanol–water partition coefficient (Wildman–Crippen LogP) is 3.29. The second kappa shape index (κ2) is 6.88. The molecule has 90 valence electrons. The van der Waals surface area contributed by atoms with Crippen LogP contribution in [0.25, 0.3) is 0 Å². The highest BCUT2D eigenvalue weighted by atomic mass is 16.5. The van der Waals surface area contributed by atoms with Crippen LogP contribution in [0.2, 0.25) is 0 Å². The molecule has 1 N–H and O–H groups in total. The summed E-state index contributed by atoms with van der Waals surface area (Å²) in [7, 11) is 0. The van der Waals surface area contributed by atoms with Gasteiger partial charge >= 0.3 is 5.97 Å². The van der Waals surface area contributed by atoms with E-state index >= 15 is 0 Å². The highest BCUT2D eigenvalue weighted by molar-refractivity contribution is 5.91. The molecule has 0 saturated heterocycles. The molecule has 0 radical (unpaired) electrons. The number of hydrogen-bond donors (Lipinski definition) is 1. The van der Waals surface area contributed by atoms with Crippen molar-refractivity contribution >= 4 is 5.97 Å². The molecule has 0 saturated carbocycles. The first-order valence-corrected chi connectivity index (χ1v) is 5.31. The van der Waals surface area contributed by atoms with Crippen molar-refractivity contribution in [3.63, 3.8) is 0 Å². The van der Waals surface area contributed by atoms with E-state index in [1.807, 2.05) is 20.8 Å². The lowest BCUT2D eigenvalue weighted by molar-refractivity contribution is -0.132. The van der Waals surface area contributed by atoms with E-state index in [0.717, 1.165) is 12.0 Å². The van der Waals surface area contributed by atoms with Crippen LogP contribution < -0.4 is 0 Å². The van der Waals surface area contributed by atoms with Gasteiger partial charge in [0.25, 0.3) is 0 Å². The Bertz CT molecular complexity index is 315. The van der Waals surface area contributed by atoms with Crippen LogP contribution in [-0.4, -0.2) is 17.7 Å². The number of allylic oxidation sites excluding steroid dienone is 2. The average molecular weight is 224 g/mol. The molecule has 3 heteroatoms. The van der Waals surface area contributed by atoms with Crippen molar-refractivity contribution in [1.29, 1.82) is 0 Å². The maximum absolute atomic E-state index is 11.0. The van der Waals surface area contributed by atoms with Crippen molar-refractivity contribution in [3.8, 4) is 0 Å². The molecule has 0 unspecified atom stereocenters. The number of rotatable bonds is 6. The Labute approximate surface area is 97.1 Å². The van der Waals surface area contributed by atoms with Crippen molar-refractivity contribution in [2.75, 3.05) is 6.61 Å². The molecule has 16 heavy (non-hydrogen) atoms. The maximum atomic E-state index is 11.0. The van der Waals surface area contributed by atoms with E-state index in [9.17, 15) is 4.79 Å². The molecule has 0 spiro atoms. The van der Waals surface area contributed by atoms with Crippen molar-refractivity contribution in [2.24, 2.45) is 0 Å². The van der Waals surface area contributed by atoms with Gasteiger partial charge in [-0.15, -0.1) is 0 Å². The largest absolute Gasteiger partial charge is 0.494 e. The van der Waals surface area contributed by atoms with Gasteiger partial charge in [-0.1, -0.05) is 13.5 Å². The van der Waals surface area contributed by atoms with E-state index in [2.05, 4.69) is 6.58 Å². The third-order valence-electron chi connectivity index (χ3n) is 1.92. The van der Waals surface area contributed by atoms with E-state index < -0.39 is 5.97 Å². The number of hydrogen-bond acceptors (Lipinski definition) is 2. The molecule has 0 fully saturated rings. The summed E-state index contributed by atoms with van der Waals surface area (Å²) in [6.45, 7) is 11.7. The third kappa shape index (κ3) is 4.82. The summed E-state index contributed by atoms with van der Waals surface area (Å²) in [5.41, 5.74) is 1.66. The molecular weight excluding hydrogens is 204 g/mol. The fourth-order valence-electron chi connectivity index (χ4n) is 1.04. The molecule has 0 aliphatic rings. The summed E-state index contributed by atoms with van der Waals surface area (Å²) >= 11 is 0. The molecular formula is C13H20O3. The van der Waals surface area contributed by atoms with Gasteiger partial charge in [0.05, 0.1) is 12.2 Å². The fraction of sp³-hybridized carbons (Fsp3) is 0.462. The molecule has 0 aromatic carbocycles. The summed E-state index contributed by atoms with van der Waals surface area (Å²) in [5, 5.41) is 8.99. The summed E-state index contributed by atoms with van der Waals surface area (Å²) in [5.74, 6) is -0.367. The number of carboxylic acids is 1. The van der Waals surface area contributed by atoms with Crippen molar-refractivity contribution in [2.45, 2.75) is 34.1 Å². The number of carboxylic acid groups (broad SMARTS) is 1. The van der Waals surface area contributed by atoms with Gasteiger partial charge in [-0.05, 0) is 44.4 Å². The van der Waals surface area contributed by atoms with Crippen LogP contribution in [0, 0.1) is 0 Å².